The maximum Gasteiger partial charge on any atom is 0.408 e. The van der Waals surface area contributed by atoms with Crippen LogP contribution >= 0.6 is 15.9 Å². The molecule has 0 heterocycles. The molecule has 27 heavy (non-hydrogen) atoms. The number of esters is 1. The number of hydrogen-bond acceptors (Lipinski definition) is 6. The highest BCUT2D eigenvalue weighted by Gasteiger charge is 2.24. The van der Waals surface area contributed by atoms with E-state index in [1.807, 2.05) is 0 Å². The van der Waals surface area contributed by atoms with Crippen molar-refractivity contribution in [2.24, 2.45) is 0 Å². The Kier molecular flexibility index (Phi) is 9.28. The van der Waals surface area contributed by atoms with Crippen molar-refractivity contribution in [3.8, 4) is 5.75 Å². The molecule has 0 radical (unpaired) electrons. The molecule has 1 atom stereocenters. The molecule has 1 rings (SSSR count). The van der Waals surface area contributed by atoms with Crippen LogP contribution in [0.4, 0.5) is 4.79 Å². The van der Waals surface area contributed by atoms with E-state index < -0.39 is 23.7 Å². The number of ether oxygens (including phenoxy) is 3. The second-order valence-corrected chi connectivity index (χ2v) is 7.30. The summed E-state index contributed by atoms with van der Waals surface area (Å²) in [6.07, 6.45) is -0.335. The van der Waals surface area contributed by atoms with Gasteiger partial charge in [0.05, 0.1) is 18.0 Å². The summed E-state index contributed by atoms with van der Waals surface area (Å²) in [6, 6.07) is 6.21. The first kappa shape index (κ1) is 23.0. The normalized spacial score (nSPS) is 12.0. The third-order valence-corrected chi connectivity index (χ3v) is 3.79. The van der Waals surface area contributed by atoms with Crippen molar-refractivity contribution in [3.05, 3.63) is 29.8 Å². The molecular weight excluding hydrogens is 418 g/mol. The largest absolute Gasteiger partial charge is 0.482 e. The molecule has 8 heteroatoms. The third kappa shape index (κ3) is 9.42. The van der Waals surface area contributed by atoms with Crippen LogP contribution < -0.4 is 10.1 Å². The predicted octanol–water partition coefficient (Wildman–Crippen LogP) is 3.03. The quantitative estimate of drug-likeness (QED) is 0.465. The Balaban J connectivity index is 2.68. The van der Waals surface area contributed by atoms with Crippen LogP contribution in [0.25, 0.3) is 0 Å². The van der Waals surface area contributed by atoms with Crippen LogP contribution in [0.3, 0.4) is 0 Å². The minimum atomic E-state index is -0.717. The number of rotatable bonds is 9. The number of alkyl halides is 1. The number of carbonyl (C=O) groups excluding carboxylic acids is 3. The van der Waals surface area contributed by atoms with Crippen molar-refractivity contribution < 1.29 is 28.6 Å². The zero-order valence-corrected chi connectivity index (χ0v) is 17.6. The molecular formula is C19H26BrNO6. The minimum Gasteiger partial charge on any atom is -0.482 e. The van der Waals surface area contributed by atoms with Crippen LogP contribution in [0.2, 0.25) is 0 Å². The Hall–Kier alpha value is -2.09. The molecule has 0 aliphatic heterocycles. The second-order valence-electron chi connectivity index (χ2n) is 6.74. The topological polar surface area (TPSA) is 90.9 Å². The van der Waals surface area contributed by atoms with Gasteiger partial charge in [0.1, 0.15) is 11.4 Å². The van der Waals surface area contributed by atoms with E-state index in [4.69, 9.17) is 14.2 Å². The summed E-state index contributed by atoms with van der Waals surface area (Å²) < 4.78 is 15.3. The number of benzene rings is 1. The van der Waals surface area contributed by atoms with E-state index in [0.717, 1.165) is 5.56 Å². The van der Waals surface area contributed by atoms with Gasteiger partial charge in [0.25, 0.3) is 0 Å². The summed E-state index contributed by atoms with van der Waals surface area (Å²) >= 11 is 3.13. The Labute approximate surface area is 167 Å². The first-order chi connectivity index (χ1) is 12.6. The summed E-state index contributed by atoms with van der Waals surface area (Å²) in [6.45, 7) is 7.12. The molecule has 1 aromatic rings. The molecule has 0 aliphatic carbocycles. The van der Waals surface area contributed by atoms with E-state index in [0.29, 0.717) is 18.8 Å². The van der Waals surface area contributed by atoms with Gasteiger partial charge in [-0.15, -0.1) is 0 Å². The van der Waals surface area contributed by atoms with E-state index in [-0.39, 0.29) is 17.7 Å². The third-order valence-electron chi connectivity index (χ3n) is 3.24. The first-order valence-corrected chi connectivity index (χ1v) is 9.72. The SMILES string of the molecule is CCOC(=O)COc1ccc(CC(NC(=O)OC(C)(C)C)C(=O)CBr)cc1. The van der Waals surface area contributed by atoms with Crippen molar-refractivity contribution in [2.75, 3.05) is 18.5 Å². The number of alkyl carbamates (subject to hydrolysis) is 1. The van der Waals surface area contributed by atoms with E-state index in [1.54, 1.807) is 52.0 Å². The number of nitrogens with one attached hydrogen (secondary N) is 1. The number of Topliss-reactive ketones (excluding diaryl/α,β-unsaturated/α-hetero) is 1. The van der Waals surface area contributed by atoms with Crippen molar-refractivity contribution >= 4 is 33.8 Å². The molecule has 1 amide bonds. The van der Waals surface area contributed by atoms with Gasteiger partial charge in [-0.25, -0.2) is 9.59 Å². The summed E-state index contributed by atoms with van der Waals surface area (Å²) in [7, 11) is 0. The van der Waals surface area contributed by atoms with E-state index >= 15 is 0 Å². The lowest BCUT2D eigenvalue weighted by atomic mass is 10.0. The lowest BCUT2D eigenvalue weighted by Crippen LogP contribution is -2.45. The van der Waals surface area contributed by atoms with Crippen LogP contribution in [0.15, 0.2) is 24.3 Å². The fourth-order valence-electron chi connectivity index (χ4n) is 2.09. The summed E-state index contributed by atoms with van der Waals surface area (Å²) in [4.78, 5) is 35.4. The monoisotopic (exact) mass is 443 g/mol. The maximum atomic E-state index is 12.1. The first-order valence-electron chi connectivity index (χ1n) is 8.60. The highest BCUT2D eigenvalue weighted by molar-refractivity contribution is 9.09. The molecule has 0 spiro atoms. The minimum absolute atomic E-state index is 0.119. The molecule has 0 bridgehead atoms. The molecule has 0 aromatic heterocycles. The van der Waals surface area contributed by atoms with Gasteiger partial charge in [0.15, 0.2) is 12.4 Å². The Morgan fingerprint density at radius 3 is 2.30 bits per heavy atom. The van der Waals surface area contributed by atoms with E-state index in [9.17, 15) is 14.4 Å². The fourth-order valence-corrected chi connectivity index (χ4v) is 2.48. The van der Waals surface area contributed by atoms with Gasteiger partial charge in [-0.1, -0.05) is 28.1 Å². The Bertz CT molecular complexity index is 639. The molecule has 1 aromatic carbocycles. The van der Waals surface area contributed by atoms with Crippen LogP contribution in [-0.4, -0.2) is 48.0 Å². The van der Waals surface area contributed by atoms with Crippen LogP contribution in [-0.2, 0) is 25.5 Å². The molecule has 1 unspecified atom stereocenters. The molecule has 1 N–H and O–H groups in total. The van der Waals surface area contributed by atoms with Gasteiger partial charge in [-0.2, -0.15) is 0 Å². The molecule has 0 saturated heterocycles. The summed E-state index contributed by atoms with van der Waals surface area (Å²) in [5.74, 6) is -0.0927. The van der Waals surface area contributed by atoms with Crippen molar-refractivity contribution in [2.45, 2.75) is 45.8 Å². The molecule has 0 aliphatic rings. The van der Waals surface area contributed by atoms with Crippen molar-refractivity contribution in [1.29, 1.82) is 0 Å². The highest BCUT2D eigenvalue weighted by atomic mass is 79.9. The number of ketones is 1. The molecule has 0 saturated carbocycles. The molecule has 0 fully saturated rings. The van der Waals surface area contributed by atoms with Crippen LogP contribution in [0.1, 0.15) is 33.3 Å². The highest BCUT2D eigenvalue weighted by Crippen LogP contribution is 2.15. The lowest BCUT2D eigenvalue weighted by molar-refractivity contribution is -0.145. The molecule has 7 nitrogen and oxygen atoms in total. The Morgan fingerprint density at radius 1 is 1.15 bits per heavy atom. The second kappa shape index (κ2) is 10.9. The van der Waals surface area contributed by atoms with Gasteiger partial charge >= 0.3 is 12.1 Å². The van der Waals surface area contributed by atoms with E-state index in [2.05, 4.69) is 21.2 Å². The maximum absolute atomic E-state index is 12.1. The van der Waals surface area contributed by atoms with Gasteiger partial charge in [-0.3, -0.25) is 4.79 Å². The van der Waals surface area contributed by atoms with Crippen LogP contribution in [0.5, 0.6) is 5.75 Å². The van der Waals surface area contributed by atoms with Gasteiger partial charge < -0.3 is 19.5 Å². The number of amides is 1. The summed E-state index contributed by atoms with van der Waals surface area (Å²) in [5.41, 5.74) is 0.179. The molecule has 150 valence electrons. The van der Waals surface area contributed by atoms with Crippen molar-refractivity contribution in [1.82, 2.24) is 5.32 Å². The smallest absolute Gasteiger partial charge is 0.408 e. The van der Waals surface area contributed by atoms with Gasteiger partial charge in [-0.05, 0) is 51.8 Å². The van der Waals surface area contributed by atoms with Gasteiger partial charge in [0, 0.05) is 0 Å². The van der Waals surface area contributed by atoms with Crippen molar-refractivity contribution in [3.63, 3.8) is 0 Å². The fraction of sp³-hybridized carbons (Fsp3) is 0.526. The average molecular weight is 444 g/mol. The lowest BCUT2D eigenvalue weighted by Gasteiger charge is -2.23. The van der Waals surface area contributed by atoms with Crippen LogP contribution in [0, 0.1) is 0 Å². The summed E-state index contributed by atoms with van der Waals surface area (Å²) in [5, 5.41) is 2.73. The van der Waals surface area contributed by atoms with E-state index in [1.165, 1.54) is 0 Å². The predicted molar refractivity (Wildman–Crippen MR) is 104 cm³/mol. The van der Waals surface area contributed by atoms with Gasteiger partial charge in [0.2, 0.25) is 0 Å². The zero-order valence-electron chi connectivity index (χ0n) is 16.0. The Morgan fingerprint density at radius 2 is 1.78 bits per heavy atom. The average Bonchev–Trinajstić information content (AvgIpc) is 2.58. The standard InChI is InChI=1S/C19H26BrNO6/c1-5-25-17(23)12-26-14-8-6-13(7-9-14)10-15(16(22)11-20)21-18(24)27-19(2,3)4/h6-9,15H,5,10-12H2,1-4H3,(H,21,24). The number of halogens is 1. The number of carbonyl (C=O) groups is 3. The number of hydrogen-bond donors (Lipinski definition) is 1. The zero-order chi connectivity index (χ0) is 20.4.